The van der Waals surface area contributed by atoms with E-state index in [0.717, 1.165) is 12.0 Å². The van der Waals surface area contributed by atoms with Gasteiger partial charge in [-0.25, -0.2) is 14.2 Å². The minimum Gasteiger partial charge on any atom is -0.422 e. The molecule has 2 heterocycles. The monoisotopic (exact) mass is 382 g/mol. The Labute approximate surface area is 159 Å². The van der Waals surface area contributed by atoms with Crippen LogP contribution < -0.4 is 9.64 Å². The van der Waals surface area contributed by atoms with Gasteiger partial charge in [-0.3, -0.25) is 4.79 Å². The Morgan fingerprint density at radius 2 is 2.00 bits per heavy atom. The highest BCUT2D eigenvalue weighted by Gasteiger charge is 2.22. The first kappa shape index (κ1) is 17.4. The van der Waals surface area contributed by atoms with Crippen molar-refractivity contribution in [3.05, 3.63) is 65.4 Å². The van der Waals surface area contributed by atoms with E-state index >= 15 is 0 Å². The third kappa shape index (κ3) is 3.73. The number of thiazole rings is 1. The number of halogens is 1. The van der Waals surface area contributed by atoms with E-state index in [1.807, 2.05) is 6.07 Å². The molecular formula is C20H15FN2O3S. The lowest BCUT2D eigenvalue weighted by Gasteiger charge is -2.16. The molecule has 1 amide bonds. The molecule has 0 saturated carbocycles. The van der Waals surface area contributed by atoms with Crippen LogP contribution in [0.4, 0.5) is 10.1 Å². The van der Waals surface area contributed by atoms with Crippen LogP contribution in [-0.2, 0) is 4.79 Å². The SMILES string of the molecule is O=C(Oc1cccc(N2CCCC2=O)c1)c1csc(-c2ccc(F)cc2)n1. The molecule has 0 bridgehead atoms. The summed E-state index contributed by atoms with van der Waals surface area (Å²) in [6.45, 7) is 0.670. The second kappa shape index (κ2) is 7.28. The van der Waals surface area contributed by atoms with Gasteiger partial charge in [-0.2, -0.15) is 0 Å². The number of amides is 1. The van der Waals surface area contributed by atoms with E-state index in [4.69, 9.17) is 4.74 Å². The molecule has 136 valence electrons. The zero-order chi connectivity index (χ0) is 18.8. The topological polar surface area (TPSA) is 59.5 Å². The summed E-state index contributed by atoms with van der Waals surface area (Å²) < 4.78 is 18.4. The Balaban J connectivity index is 1.50. The number of nitrogens with zero attached hydrogens (tertiary/aromatic N) is 2. The second-order valence-corrected chi connectivity index (χ2v) is 6.94. The summed E-state index contributed by atoms with van der Waals surface area (Å²) in [6.07, 6.45) is 1.36. The van der Waals surface area contributed by atoms with Gasteiger partial charge in [0.05, 0.1) is 0 Å². The van der Waals surface area contributed by atoms with Crippen molar-refractivity contribution in [3.63, 3.8) is 0 Å². The molecule has 2 aromatic carbocycles. The zero-order valence-electron chi connectivity index (χ0n) is 14.2. The Bertz CT molecular complexity index is 1000. The highest BCUT2D eigenvalue weighted by atomic mass is 32.1. The lowest BCUT2D eigenvalue weighted by Crippen LogP contribution is -2.23. The first-order chi connectivity index (χ1) is 13.1. The van der Waals surface area contributed by atoms with Crippen molar-refractivity contribution in [2.24, 2.45) is 0 Å². The van der Waals surface area contributed by atoms with Crippen LogP contribution in [0.15, 0.2) is 53.9 Å². The van der Waals surface area contributed by atoms with Crippen LogP contribution in [0.5, 0.6) is 5.75 Å². The van der Waals surface area contributed by atoms with E-state index in [-0.39, 0.29) is 17.4 Å². The number of rotatable bonds is 4. The molecule has 27 heavy (non-hydrogen) atoms. The molecule has 3 aromatic rings. The van der Waals surface area contributed by atoms with Gasteiger partial charge in [-0.15, -0.1) is 11.3 Å². The molecule has 1 fully saturated rings. The Kier molecular flexibility index (Phi) is 4.68. The molecule has 0 atom stereocenters. The Morgan fingerprint density at radius 1 is 1.19 bits per heavy atom. The van der Waals surface area contributed by atoms with Crippen molar-refractivity contribution in [2.45, 2.75) is 12.8 Å². The number of carbonyl (C=O) groups is 2. The van der Waals surface area contributed by atoms with Gasteiger partial charge in [-0.1, -0.05) is 6.07 Å². The molecule has 1 aliphatic heterocycles. The summed E-state index contributed by atoms with van der Waals surface area (Å²) in [7, 11) is 0. The first-order valence-electron chi connectivity index (χ1n) is 8.44. The van der Waals surface area contributed by atoms with Crippen LogP contribution in [-0.4, -0.2) is 23.4 Å². The van der Waals surface area contributed by atoms with Crippen molar-refractivity contribution in [1.82, 2.24) is 4.98 Å². The van der Waals surface area contributed by atoms with Crippen molar-refractivity contribution in [1.29, 1.82) is 0 Å². The van der Waals surface area contributed by atoms with Crippen LogP contribution in [0.2, 0.25) is 0 Å². The fraction of sp³-hybridized carbons (Fsp3) is 0.150. The Morgan fingerprint density at radius 3 is 2.74 bits per heavy atom. The molecule has 0 spiro atoms. The maximum Gasteiger partial charge on any atom is 0.363 e. The van der Waals surface area contributed by atoms with E-state index in [9.17, 15) is 14.0 Å². The third-order valence-electron chi connectivity index (χ3n) is 4.22. The molecule has 0 unspecified atom stereocenters. The fourth-order valence-corrected chi connectivity index (χ4v) is 3.68. The summed E-state index contributed by atoms with van der Waals surface area (Å²) in [5.74, 6) is -0.480. The number of esters is 1. The molecule has 0 aliphatic carbocycles. The van der Waals surface area contributed by atoms with Crippen molar-refractivity contribution in [3.8, 4) is 16.3 Å². The lowest BCUT2D eigenvalue weighted by molar-refractivity contribution is -0.117. The number of hydrogen-bond acceptors (Lipinski definition) is 5. The van der Waals surface area contributed by atoms with E-state index in [1.165, 1.54) is 23.5 Å². The van der Waals surface area contributed by atoms with Gasteiger partial charge in [-0.05, 0) is 42.8 Å². The first-order valence-corrected chi connectivity index (χ1v) is 9.32. The zero-order valence-corrected chi connectivity index (χ0v) is 15.0. The molecule has 0 N–H and O–H groups in total. The van der Waals surface area contributed by atoms with Gasteiger partial charge in [0.1, 0.15) is 16.6 Å². The lowest BCUT2D eigenvalue weighted by atomic mass is 10.2. The minimum atomic E-state index is -0.579. The number of ether oxygens (including phenoxy) is 1. The van der Waals surface area contributed by atoms with Crippen molar-refractivity contribution < 1.29 is 18.7 Å². The summed E-state index contributed by atoms with van der Waals surface area (Å²) in [6, 6.07) is 12.8. The van der Waals surface area contributed by atoms with Crippen LogP contribution >= 0.6 is 11.3 Å². The van der Waals surface area contributed by atoms with E-state index < -0.39 is 5.97 Å². The third-order valence-corrected chi connectivity index (χ3v) is 5.11. The molecule has 0 radical (unpaired) electrons. The van der Waals surface area contributed by atoms with Gasteiger partial charge in [0.25, 0.3) is 0 Å². The number of benzene rings is 2. The van der Waals surface area contributed by atoms with Gasteiger partial charge in [0.2, 0.25) is 5.91 Å². The number of aromatic nitrogens is 1. The smallest absolute Gasteiger partial charge is 0.363 e. The number of hydrogen-bond donors (Lipinski definition) is 0. The summed E-state index contributed by atoms with van der Waals surface area (Å²) >= 11 is 1.28. The maximum absolute atomic E-state index is 13.0. The van der Waals surface area contributed by atoms with Crippen molar-refractivity contribution in [2.75, 3.05) is 11.4 Å². The van der Waals surface area contributed by atoms with Crippen LogP contribution in [0.3, 0.4) is 0 Å². The Hall–Kier alpha value is -3.06. The number of anilines is 1. The fourth-order valence-electron chi connectivity index (χ4n) is 2.89. The molecule has 4 rings (SSSR count). The average molecular weight is 382 g/mol. The number of carbonyl (C=O) groups excluding carboxylic acids is 2. The molecule has 1 saturated heterocycles. The quantitative estimate of drug-likeness (QED) is 0.499. The van der Waals surface area contributed by atoms with Gasteiger partial charge in [0.15, 0.2) is 5.69 Å². The van der Waals surface area contributed by atoms with E-state index in [2.05, 4.69) is 4.98 Å². The van der Waals surface area contributed by atoms with Gasteiger partial charge < -0.3 is 9.64 Å². The predicted octanol–water partition coefficient (Wildman–Crippen LogP) is 4.30. The summed E-state index contributed by atoms with van der Waals surface area (Å²) in [4.78, 5) is 30.2. The molecular weight excluding hydrogens is 367 g/mol. The summed E-state index contributed by atoms with van der Waals surface area (Å²) in [5.41, 5.74) is 1.63. The summed E-state index contributed by atoms with van der Waals surface area (Å²) in [5, 5.41) is 2.22. The maximum atomic E-state index is 13.0. The van der Waals surface area contributed by atoms with Crippen LogP contribution in [0.1, 0.15) is 23.3 Å². The second-order valence-electron chi connectivity index (χ2n) is 6.08. The molecule has 1 aliphatic rings. The van der Waals surface area contributed by atoms with Crippen LogP contribution in [0, 0.1) is 5.82 Å². The minimum absolute atomic E-state index is 0.0712. The normalized spacial score (nSPS) is 13.8. The molecule has 5 nitrogen and oxygen atoms in total. The van der Waals surface area contributed by atoms with Gasteiger partial charge >= 0.3 is 5.97 Å². The highest BCUT2D eigenvalue weighted by Crippen LogP contribution is 2.27. The molecule has 7 heteroatoms. The molecule has 1 aromatic heterocycles. The van der Waals surface area contributed by atoms with Crippen molar-refractivity contribution >= 4 is 28.9 Å². The standard InChI is InChI=1S/C20H15FN2O3S/c21-14-8-6-13(7-9-14)19-22-17(12-27-19)20(25)26-16-4-1-3-15(11-16)23-10-2-5-18(23)24/h1,3-4,6-9,11-12H,2,5,10H2. The van der Waals surface area contributed by atoms with E-state index in [0.29, 0.717) is 29.4 Å². The average Bonchev–Trinajstić information content (AvgIpc) is 3.32. The highest BCUT2D eigenvalue weighted by molar-refractivity contribution is 7.13. The van der Waals surface area contributed by atoms with E-state index in [1.54, 1.807) is 40.6 Å². The van der Waals surface area contributed by atoms with Gasteiger partial charge in [0, 0.05) is 35.7 Å². The largest absolute Gasteiger partial charge is 0.422 e. The predicted molar refractivity (Wildman–Crippen MR) is 100 cm³/mol. The van der Waals surface area contributed by atoms with Crippen LogP contribution in [0.25, 0.3) is 10.6 Å².